The molecule has 7 nitrogen and oxygen atoms in total. The van der Waals surface area contributed by atoms with Crippen LogP contribution in [0.1, 0.15) is 10.4 Å². The van der Waals surface area contributed by atoms with Crippen LogP contribution < -0.4 is 15.7 Å². The number of nitrogens with two attached hydrogens (primary N) is 2. The second kappa shape index (κ2) is 4.15. The van der Waals surface area contributed by atoms with E-state index in [0.29, 0.717) is 0 Å². The highest BCUT2D eigenvalue weighted by Gasteiger charge is 2.13. The molecule has 0 spiro atoms. The quantitative estimate of drug-likeness (QED) is 0.427. The van der Waals surface area contributed by atoms with Gasteiger partial charge < -0.3 is 20.8 Å². The summed E-state index contributed by atoms with van der Waals surface area (Å²) < 4.78 is 23.2. The van der Waals surface area contributed by atoms with Gasteiger partial charge in [0.15, 0.2) is 5.75 Å². The molecular formula is C7H8N2O5S. The largest absolute Gasteiger partial charge is 0.478 e. The molecule has 0 aliphatic carbocycles. The summed E-state index contributed by atoms with van der Waals surface area (Å²) in [6.07, 6.45) is 0. The molecule has 0 saturated heterocycles. The van der Waals surface area contributed by atoms with Crippen molar-refractivity contribution in [2.75, 3.05) is 11.5 Å². The molecule has 82 valence electrons. The minimum atomic E-state index is -2.59. The third-order valence-corrected chi connectivity index (χ3v) is 1.90. The first-order valence-electron chi connectivity index (χ1n) is 3.63. The van der Waals surface area contributed by atoms with Crippen LogP contribution in [0.2, 0.25) is 0 Å². The lowest BCUT2D eigenvalue weighted by Gasteiger charge is -2.07. The van der Waals surface area contributed by atoms with Crippen LogP contribution in [-0.4, -0.2) is 19.8 Å². The molecule has 15 heavy (non-hydrogen) atoms. The van der Waals surface area contributed by atoms with E-state index in [-0.39, 0.29) is 22.7 Å². The first-order chi connectivity index (χ1) is 6.91. The Morgan fingerprint density at radius 2 is 2.00 bits per heavy atom. The van der Waals surface area contributed by atoms with Gasteiger partial charge >= 0.3 is 17.3 Å². The van der Waals surface area contributed by atoms with Crippen molar-refractivity contribution in [1.29, 1.82) is 0 Å². The van der Waals surface area contributed by atoms with Gasteiger partial charge in [-0.15, -0.1) is 0 Å². The fourth-order valence-corrected chi connectivity index (χ4v) is 1.21. The highest BCUT2D eigenvalue weighted by atomic mass is 32.2. The van der Waals surface area contributed by atoms with Gasteiger partial charge in [0.25, 0.3) is 0 Å². The summed E-state index contributed by atoms with van der Waals surface area (Å²) in [5.74, 6) is -1.48. The number of hydrogen-bond donors (Lipinski definition) is 4. The van der Waals surface area contributed by atoms with Crippen molar-refractivity contribution in [2.24, 2.45) is 0 Å². The van der Waals surface area contributed by atoms with Gasteiger partial charge in [-0.3, -0.25) is 4.55 Å². The molecule has 0 radical (unpaired) electrons. The molecule has 1 aromatic carbocycles. The molecule has 0 amide bonds. The number of carbonyl (C=O) groups is 1. The van der Waals surface area contributed by atoms with E-state index in [2.05, 4.69) is 4.18 Å². The molecule has 8 heteroatoms. The monoisotopic (exact) mass is 232 g/mol. The van der Waals surface area contributed by atoms with Crippen LogP contribution in [0, 0.1) is 0 Å². The number of anilines is 2. The highest BCUT2D eigenvalue weighted by Crippen LogP contribution is 2.29. The van der Waals surface area contributed by atoms with Crippen LogP contribution >= 0.6 is 0 Å². The van der Waals surface area contributed by atoms with Crippen LogP contribution in [0.5, 0.6) is 5.75 Å². The number of carboxylic acids is 1. The predicted octanol–water partition coefficient (Wildman–Crippen LogP) is 0.0647. The van der Waals surface area contributed by atoms with Crippen molar-refractivity contribution in [1.82, 2.24) is 0 Å². The number of benzene rings is 1. The molecule has 1 unspecified atom stereocenters. The molecule has 0 saturated carbocycles. The summed E-state index contributed by atoms with van der Waals surface area (Å²) in [6.45, 7) is 0. The maximum atomic E-state index is 10.6. The molecule has 1 atom stereocenters. The van der Waals surface area contributed by atoms with E-state index >= 15 is 0 Å². The van der Waals surface area contributed by atoms with Gasteiger partial charge in [0, 0.05) is 0 Å². The second-order valence-electron chi connectivity index (χ2n) is 2.58. The Labute approximate surface area is 87.1 Å². The highest BCUT2D eigenvalue weighted by molar-refractivity contribution is 7.74. The zero-order valence-corrected chi connectivity index (χ0v) is 8.15. The minimum Gasteiger partial charge on any atom is -0.478 e. The van der Waals surface area contributed by atoms with E-state index in [9.17, 15) is 9.00 Å². The Morgan fingerprint density at radius 3 is 2.47 bits per heavy atom. The molecule has 0 bridgehead atoms. The smallest absolute Gasteiger partial charge is 0.357 e. The molecule has 6 N–H and O–H groups in total. The van der Waals surface area contributed by atoms with E-state index in [1.165, 1.54) is 0 Å². The van der Waals surface area contributed by atoms with Gasteiger partial charge in [0.1, 0.15) is 0 Å². The SMILES string of the molecule is Nc1cc(C(=O)O)cc(OS(=O)O)c1N. The van der Waals surface area contributed by atoms with Crippen molar-refractivity contribution in [3.05, 3.63) is 17.7 Å². The Morgan fingerprint density at radius 1 is 1.40 bits per heavy atom. The fourth-order valence-electron chi connectivity index (χ4n) is 0.917. The normalized spacial score (nSPS) is 12.1. The minimum absolute atomic E-state index is 0.0321. The summed E-state index contributed by atoms with van der Waals surface area (Å²) in [6, 6.07) is 2.15. The summed E-state index contributed by atoms with van der Waals surface area (Å²) in [5, 5.41) is 8.67. The van der Waals surface area contributed by atoms with E-state index in [1.807, 2.05) is 0 Å². The Hall–Kier alpha value is -1.80. The van der Waals surface area contributed by atoms with Crippen molar-refractivity contribution in [2.45, 2.75) is 0 Å². The van der Waals surface area contributed by atoms with Crippen LogP contribution in [0.3, 0.4) is 0 Å². The zero-order valence-electron chi connectivity index (χ0n) is 7.34. The Kier molecular flexibility index (Phi) is 3.12. The number of hydrogen-bond acceptors (Lipinski definition) is 5. The van der Waals surface area contributed by atoms with Gasteiger partial charge in [0.2, 0.25) is 0 Å². The van der Waals surface area contributed by atoms with Crippen molar-refractivity contribution < 1.29 is 22.8 Å². The Balaban J connectivity index is 3.24. The zero-order chi connectivity index (χ0) is 11.6. The molecule has 0 heterocycles. The van der Waals surface area contributed by atoms with Crippen molar-refractivity contribution in [3.8, 4) is 5.75 Å². The molecule has 0 aliphatic rings. The summed E-state index contributed by atoms with van der Waals surface area (Å²) in [5.41, 5.74) is 10.5. The average Bonchev–Trinajstić information content (AvgIpc) is 2.11. The molecule has 0 aromatic heterocycles. The van der Waals surface area contributed by atoms with Crippen LogP contribution in [0.4, 0.5) is 11.4 Å². The average molecular weight is 232 g/mol. The molecule has 0 fully saturated rings. The second-order valence-corrected chi connectivity index (χ2v) is 3.18. The molecular weight excluding hydrogens is 224 g/mol. The maximum absolute atomic E-state index is 10.6. The third kappa shape index (κ3) is 2.58. The lowest BCUT2D eigenvalue weighted by atomic mass is 10.1. The van der Waals surface area contributed by atoms with Crippen LogP contribution in [-0.2, 0) is 11.4 Å². The number of aromatic carboxylic acids is 1. The molecule has 0 aliphatic heterocycles. The van der Waals surface area contributed by atoms with Gasteiger partial charge in [0.05, 0.1) is 16.9 Å². The fraction of sp³-hybridized carbons (Fsp3) is 0. The summed E-state index contributed by atoms with van der Waals surface area (Å²) >= 11 is -2.59. The number of carboxylic acid groups (broad SMARTS) is 1. The van der Waals surface area contributed by atoms with Crippen LogP contribution in [0.15, 0.2) is 12.1 Å². The molecule has 1 aromatic rings. The lowest BCUT2D eigenvalue weighted by molar-refractivity contribution is 0.0696. The lowest BCUT2D eigenvalue weighted by Crippen LogP contribution is -2.06. The van der Waals surface area contributed by atoms with Gasteiger partial charge in [-0.1, -0.05) is 0 Å². The van der Waals surface area contributed by atoms with E-state index in [1.54, 1.807) is 0 Å². The first kappa shape index (κ1) is 11.3. The van der Waals surface area contributed by atoms with Gasteiger partial charge in [-0.25, -0.2) is 4.79 Å². The number of nitrogen functional groups attached to an aromatic ring is 2. The van der Waals surface area contributed by atoms with E-state index in [0.717, 1.165) is 12.1 Å². The first-order valence-corrected chi connectivity index (χ1v) is 4.66. The third-order valence-electron chi connectivity index (χ3n) is 1.58. The summed E-state index contributed by atoms with van der Waals surface area (Å²) in [4.78, 5) is 10.6. The summed E-state index contributed by atoms with van der Waals surface area (Å²) in [7, 11) is 0. The maximum Gasteiger partial charge on any atom is 0.357 e. The van der Waals surface area contributed by atoms with E-state index in [4.69, 9.17) is 21.1 Å². The Bertz CT molecular complexity index is 434. The number of rotatable bonds is 3. The van der Waals surface area contributed by atoms with Gasteiger partial charge in [-0.05, 0) is 12.1 Å². The standard InChI is InChI=1S/C7H8N2O5S/c8-4-1-3(7(10)11)2-5(6(4)9)14-15(12)13/h1-2H,8-9H2,(H,10,11)(H,12,13). The van der Waals surface area contributed by atoms with Crippen molar-refractivity contribution in [3.63, 3.8) is 0 Å². The molecule has 1 rings (SSSR count). The van der Waals surface area contributed by atoms with E-state index < -0.39 is 17.3 Å². The predicted molar refractivity (Wildman–Crippen MR) is 53.6 cm³/mol. The van der Waals surface area contributed by atoms with Gasteiger partial charge in [-0.2, -0.15) is 4.21 Å². The topological polar surface area (TPSA) is 136 Å². The van der Waals surface area contributed by atoms with Crippen molar-refractivity contribution >= 4 is 28.7 Å². The van der Waals surface area contributed by atoms with Crippen LogP contribution in [0.25, 0.3) is 0 Å².